The Bertz CT molecular complexity index is 928. The molecule has 0 unspecified atom stereocenters. The van der Waals surface area contributed by atoms with Crippen LogP contribution in [0.4, 0.5) is 17.2 Å². The van der Waals surface area contributed by atoms with Crippen LogP contribution in [0.25, 0.3) is 0 Å². The average Bonchev–Trinajstić information content (AvgIpc) is 2.67. The maximum atomic E-state index is 12.3. The van der Waals surface area contributed by atoms with E-state index in [-0.39, 0.29) is 11.6 Å². The van der Waals surface area contributed by atoms with Crippen molar-refractivity contribution in [1.82, 2.24) is 9.97 Å². The van der Waals surface area contributed by atoms with Gasteiger partial charge in [0, 0.05) is 16.4 Å². The van der Waals surface area contributed by atoms with E-state index in [4.69, 9.17) is 16.3 Å². The minimum Gasteiger partial charge on any atom is -0.494 e. The van der Waals surface area contributed by atoms with Crippen LogP contribution >= 0.6 is 11.6 Å². The molecule has 3 rings (SSSR count). The topological polar surface area (TPSA) is 76.1 Å². The van der Waals surface area contributed by atoms with Crippen molar-refractivity contribution in [3.8, 4) is 5.75 Å². The van der Waals surface area contributed by atoms with Crippen molar-refractivity contribution in [2.24, 2.45) is 0 Å². The van der Waals surface area contributed by atoms with Crippen molar-refractivity contribution in [2.45, 2.75) is 13.8 Å². The van der Waals surface area contributed by atoms with E-state index in [2.05, 4.69) is 20.6 Å². The zero-order chi connectivity index (χ0) is 19.2. The molecular formula is C20H19ClN4O2. The van der Waals surface area contributed by atoms with E-state index in [9.17, 15) is 4.79 Å². The maximum Gasteiger partial charge on any atom is 0.275 e. The number of amides is 1. The highest BCUT2D eigenvalue weighted by atomic mass is 35.5. The quantitative estimate of drug-likeness (QED) is 0.638. The van der Waals surface area contributed by atoms with Crippen LogP contribution in [0.15, 0.2) is 54.9 Å². The summed E-state index contributed by atoms with van der Waals surface area (Å²) in [4.78, 5) is 20.7. The van der Waals surface area contributed by atoms with Crippen LogP contribution in [-0.2, 0) is 0 Å². The third-order valence-electron chi connectivity index (χ3n) is 3.77. The molecule has 0 aliphatic carbocycles. The van der Waals surface area contributed by atoms with E-state index >= 15 is 0 Å². The molecular weight excluding hydrogens is 364 g/mol. The molecule has 0 bridgehead atoms. The highest BCUT2D eigenvalue weighted by molar-refractivity contribution is 6.30. The summed E-state index contributed by atoms with van der Waals surface area (Å²) in [5.74, 6) is 0.942. The summed E-state index contributed by atoms with van der Waals surface area (Å²) >= 11 is 6.02. The van der Waals surface area contributed by atoms with Gasteiger partial charge in [-0.2, -0.15) is 0 Å². The number of aryl methyl sites for hydroxylation is 1. The Morgan fingerprint density at radius 3 is 2.56 bits per heavy atom. The normalized spacial score (nSPS) is 10.3. The summed E-state index contributed by atoms with van der Waals surface area (Å²) < 4.78 is 5.38. The van der Waals surface area contributed by atoms with Crippen molar-refractivity contribution in [3.05, 3.63) is 71.1 Å². The Morgan fingerprint density at radius 1 is 1.11 bits per heavy atom. The molecule has 138 valence electrons. The number of anilines is 3. The lowest BCUT2D eigenvalue weighted by molar-refractivity contribution is 0.102. The van der Waals surface area contributed by atoms with Crippen LogP contribution in [0.3, 0.4) is 0 Å². The Morgan fingerprint density at radius 2 is 1.89 bits per heavy atom. The third-order valence-corrected chi connectivity index (χ3v) is 4.01. The summed E-state index contributed by atoms with van der Waals surface area (Å²) in [5, 5.41) is 6.55. The molecule has 0 atom stereocenters. The highest BCUT2D eigenvalue weighted by Gasteiger charge is 2.09. The van der Waals surface area contributed by atoms with Crippen LogP contribution in [0.2, 0.25) is 5.02 Å². The second-order valence-corrected chi connectivity index (χ2v) is 6.22. The lowest BCUT2D eigenvalue weighted by atomic mass is 10.2. The van der Waals surface area contributed by atoms with Crippen LogP contribution in [0.1, 0.15) is 23.0 Å². The van der Waals surface area contributed by atoms with Crippen LogP contribution in [-0.4, -0.2) is 22.5 Å². The number of aromatic nitrogens is 2. The first-order chi connectivity index (χ1) is 13.0. The zero-order valence-corrected chi connectivity index (χ0v) is 15.7. The van der Waals surface area contributed by atoms with E-state index in [0.717, 1.165) is 17.0 Å². The highest BCUT2D eigenvalue weighted by Crippen LogP contribution is 2.23. The molecule has 2 aromatic carbocycles. The molecule has 0 aliphatic heterocycles. The fraction of sp³-hybridized carbons (Fsp3) is 0.150. The van der Waals surface area contributed by atoms with Gasteiger partial charge in [-0.05, 0) is 55.8 Å². The monoisotopic (exact) mass is 382 g/mol. The Balaban J connectivity index is 1.65. The predicted octanol–water partition coefficient (Wildman–Crippen LogP) is 4.83. The lowest BCUT2D eigenvalue weighted by Gasteiger charge is -2.10. The van der Waals surface area contributed by atoms with Gasteiger partial charge in [0.2, 0.25) is 0 Å². The second kappa shape index (κ2) is 8.51. The Kier molecular flexibility index (Phi) is 5.88. The molecule has 27 heavy (non-hydrogen) atoms. The number of nitrogens with zero attached hydrogens (tertiary/aromatic N) is 2. The molecule has 1 aromatic heterocycles. The number of carbonyl (C=O) groups excluding carboxylic acids is 1. The van der Waals surface area contributed by atoms with Gasteiger partial charge in [-0.3, -0.25) is 4.79 Å². The molecule has 1 heterocycles. The van der Waals surface area contributed by atoms with Crippen LogP contribution in [0.5, 0.6) is 5.75 Å². The average molecular weight is 383 g/mol. The first kappa shape index (κ1) is 18.7. The number of carbonyl (C=O) groups is 1. The van der Waals surface area contributed by atoms with Gasteiger partial charge >= 0.3 is 0 Å². The summed E-state index contributed by atoms with van der Waals surface area (Å²) in [7, 11) is 0. The van der Waals surface area contributed by atoms with E-state index < -0.39 is 0 Å². The van der Waals surface area contributed by atoms with Gasteiger partial charge in [0.05, 0.1) is 19.0 Å². The van der Waals surface area contributed by atoms with E-state index in [1.807, 2.05) is 32.0 Å². The second-order valence-electron chi connectivity index (χ2n) is 5.78. The molecule has 0 aliphatic rings. The summed E-state index contributed by atoms with van der Waals surface area (Å²) in [6.07, 6.45) is 2.93. The molecule has 3 aromatic rings. The van der Waals surface area contributed by atoms with Gasteiger partial charge in [0.15, 0.2) is 0 Å². The first-order valence-corrected chi connectivity index (χ1v) is 8.82. The molecule has 7 heteroatoms. The van der Waals surface area contributed by atoms with Gasteiger partial charge in [-0.15, -0.1) is 0 Å². The fourth-order valence-electron chi connectivity index (χ4n) is 2.37. The van der Waals surface area contributed by atoms with Gasteiger partial charge < -0.3 is 15.4 Å². The number of rotatable bonds is 6. The maximum absolute atomic E-state index is 12.3. The Hall–Kier alpha value is -3.12. The summed E-state index contributed by atoms with van der Waals surface area (Å²) in [6.45, 7) is 4.47. The lowest BCUT2D eigenvalue weighted by Crippen LogP contribution is -2.14. The third kappa shape index (κ3) is 4.95. The number of hydrogen-bond donors (Lipinski definition) is 2. The summed E-state index contributed by atoms with van der Waals surface area (Å²) in [6, 6.07) is 12.7. The largest absolute Gasteiger partial charge is 0.494 e. The number of benzene rings is 2. The standard InChI is InChI=1S/C20H19ClN4O2/c1-3-27-16-8-6-15(7-9-16)24-20(26)18-11-23-19(12-22-18)25-17-10-14(21)5-4-13(17)2/h4-12H,3H2,1-2H3,(H,23,25)(H,24,26). The molecule has 1 amide bonds. The molecule has 0 spiro atoms. The van der Waals surface area contributed by atoms with E-state index in [0.29, 0.717) is 23.1 Å². The molecule has 0 saturated carbocycles. The van der Waals surface area contributed by atoms with Gasteiger partial charge in [0.25, 0.3) is 5.91 Å². The first-order valence-electron chi connectivity index (χ1n) is 8.44. The van der Waals surface area contributed by atoms with Crippen molar-refractivity contribution in [1.29, 1.82) is 0 Å². The molecule has 0 fully saturated rings. The Labute approximate surface area is 162 Å². The van der Waals surface area contributed by atoms with E-state index in [1.165, 1.54) is 12.4 Å². The fourth-order valence-corrected chi connectivity index (χ4v) is 2.55. The van der Waals surface area contributed by atoms with Gasteiger partial charge in [-0.1, -0.05) is 17.7 Å². The number of nitrogens with one attached hydrogen (secondary N) is 2. The zero-order valence-electron chi connectivity index (χ0n) is 15.0. The molecule has 0 radical (unpaired) electrons. The molecule has 0 saturated heterocycles. The van der Waals surface area contributed by atoms with Crippen LogP contribution in [0, 0.1) is 6.92 Å². The van der Waals surface area contributed by atoms with Gasteiger partial charge in [-0.25, -0.2) is 9.97 Å². The van der Waals surface area contributed by atoms with Crippen molar-refractivity contribution in [2.75, 3.05) is 17.2 Å². The number of ether oxygens (including phenoxy) is 1. The minimum absolute atomic E-state index is 0.220. The number of hydrogen-bond acceptors (Lipinski definition) is 5. The minimum atomic E-state index is -0.336. The van der Waals surface area contributed by atoms with Crippen molar-refractivity contribution < 1.29 is 9.53 Å². The summed E-state index contributed by atoms with van der Waals surface area (Å²) in [5.41, 5.74) is 2.74. The van der Waals surface area contributed by atoms with Crippen molar-refractivity contribution in [3.63, 3.8) is 0 Å². The molecule has 6 nitrogen and oxygen atoms in total. The smallest absolute Gasteiger partial charge is 0.275 e. The van der Waals surface area contributed by atoms with Crippen LogP contribution < -0.4 is 15.4 Å². The molecule has 2 N–H and O–H groups in total. The van der Waals surface area contributed by atoms with Gasteiger partial charge in [0.1, 0.15) is 17.3 Å². The number of halogens is 1. The SMILES string of the molecule is CCOc1ccc(NC(=O)c2cnc(Nc3cc(Cl)ccc3C)cn2)cc1. The van der Waals surface area contributed by atoms with Crippen molar-refractivity contribution >= 4 is 34.7 Å². The predicted molar refractivity (Wildman–Crippen MR) is 107 cm³/mol. The van der Waals surface area contributed by atoms with E-state index in [1.54, 1.807) is 24.3 Å².